The lowest BCUT2D eigenvalue weighted by molar-refractivity contribution is 0.411. The molecule has 1 aromatic heterocycles. The number of hydrogen-bond donors (Lipinski definition) is 2. The molecule has 7 heteroatoms. The normalized spacial score (nSPS) is 15.2. The zero-order valence-electron chi connectivity index (χ0n) is 11.0. The second kappa shape index (κ2) is 4.92. The molecule has 0 amide bonds. The second-order valence-corrected chi connectivity index (χ2v) is 5.51. The van der Waals surface area contributed by atoms with Crippen LogP contribution >= 0.6 is 11.3 Å². The van der Waals surface area contributed by atoms with E-state index in [1.807, 2.05) is 12.3 Å². The van der Waals surface area contributed by atoms with Crippen molar-refractivity contribution in [2.45, 2.75) is 6.92 Å². The number of halogens is 2. The SMILES string of the molecule is Cc1csc(C2=C(O)CN(c3ccc(F)c(F)c3)C2=N)n1. The van der Waals surface area contributed by atoms with Crippen LogP contribution in [0, 0.1) is 24.0 Å². The topological polar surface area (TPSA) is 60.2 Å². The summed E-state index contributed by atoms with van der Waals surface area (Å²) in [6.07, 6.45) is 0. The van der Waals surface area contributed by atoms with Crippen LogP contribution in [-0.4, -0.2) is 22.5 Å². The fourth-order valence-electron chi connectivity index (χ4n) is 2.15. The van der Waals surface area contributed by atoms with Crippen molar-refractivity contribution in [3.63, 3.8) is 0 Å². The third kappa shape index (κ3) is 2.29. The van der Waals surface area contributed by atoms with Crippen molar-refractivity contribution >= 4 is 28.4 Å². The molecule has 0 spiro atoms. The van der Waals surface area contributed by atoms with Gasteiger partial charge in [0.1, 0.15) is 16.6 Å². The van der Waals surface area contributed by atoms with E-state index in [2.05, 4.69) is 4.98 Å². The van der Waals surface area contributed by atoms with Crippen LogP contribution in [0.3, 0.4) is 0 Å². The number of amidine groups is 1. The van der Waals surface area contributed by atoms with Gasteiger partial charge in [-0.15, -0.1) is 11.3 Å². The molecule has 0 bridgehead atoms. The lowest BCUT2D eigenvalue weighted by Gasteiger charge is -2.18. The molecule has 4 nitrogen and oxygen atoms in total. The fourth-order valence-corrected chi connectivity index (χ4v) is 3.01. The highest BCUT2D eigenvalue weighted by atomic mass is 32.1. The number of benzene rings is 1. The van der Waals surface area contributed by atoms with Gasteiger partial charge in [0.2, 0.25) is 0 Å². The Hall–Kier alpha value is -2.28. The molecule has 1 aliphatic rings. The number of aromatic nitrogens is 1. The Bertz CT molecular complexity index is 769. The molecule has 1 aromatic carbocycles. The highest BCUT2D eigenvalue weighted by molar-refractivity contribution is 7.11. The van der Waals surface area contributed by atoms with Crippen molar-refractivity contribution in [2.24, 2.45) is 0 Å². The Labute approximate surface area is 123 Å². The van der Waals surface area contributed by atoms with Crippen molar-refractivity contribution in [1.29, 1.82) is 5.41 Å². The maximum atomic E-state index is 13.3. The van der Waals surface area contributed by atoms with Crippen LogP contribution in [0.4, 0.5) is 14.5 Å². The van der Waals surface area contributed by atoms with E-state index in [1.54, 1.807) is 0 Å². The summed E-state index contributed by atoms with van der Waals surface area (Å²) < 4.78 is 26.3. The van der Waals surface area contributed by atoms with Crippen molar-refractivity contribution < 1.29 is 13.9 Å². The molecule has 2 N–H and O–H groups in total. The van der Waals surface area contributed by atoms with E-state index in [-0.39, 0.29) is 18.1 Å². The molecule has 0 radical (unpaired) electrons. The maximum absolute atomic E-state index is 13.3. The van der Waals surface area contributed by atoms with Gasteiger partial charge >= 0.3 is 0 Å². The second-order valence-electron chi connectivity index (χ2n) is 4.65. The molecule has 2 aromatic rings. The first-order chi connectivity index (χ1) is 9.97. The molecule has 0 aliphatic carbocycles. The molecule has 0 unspecified atom stereocenters. The van der Waals surface area contributed by atoms with Gasteiger partial charge in [0.05, 0.1) is 12.1 Å². The molecule has 21 heavy (non-hydrogen) atoms. The number of thiazole rings is 1. The summed E-state index contributed by atoms with van der Waals surface area (Å²) in [5.41, 5.74) is 1.45. The lowest BCUT2D eigenvalue weighted by atomic mass is 10.2. The number of aliphatic hydroxyl groups is 1. The third-order valence-electron chi connectivity index (χ3n) is 3.15. The quantitative estimate of drug-likeness (QED) is 0.892. The van der Waals surface area contributed by atoms with Crippen LogP contribution in [0.2, 0.25) is 0 Å². The number of nitrogens with zero attached hydrogens (tertiary/aromatic N) is 2. The number of aliphatic hydroxyl groups excluding tert-OH is 1. The zero-order valence-corrected chi connectivity index (χ0v) is 11.8. The lowest BCUT2D eigenvalue weighted by Crippen LogP contribution is -2.26. The van der Waals surface area contributed by atoms with Gasteiger partial charge in [0.25, 0.3) is 0 Å². The predicted octanol–water partition coefficient (Wildman–Crippen LogP) is 3.50. The van der Waals surface area contributed by atoms with E-state index in [0.717, 1.165) is 17.8 Å². The summed E-state index contributed by atoms with van der Waals surface area (Å²) in [6, 6.07) is 3.38. The van der Waals surface area contributed by atoms with Crippen molar-refractivity contribution in [3.05, 3.63) is 51.7 Å². The molecule has 0 saturated heterocycles. The van der Waals surface area contributed by atoms with E-state index in [9.17, 15) is 13.9 Å². The Kier molecular flexibility index (Phi) is 3.21. The number of hydrogen-bond acceptors (Lipinski definition) is 4. The van der Waals surface area contributed by atoms with Gasteiger partial charge in [0.15, 0.2) is 11.6 Å². The minimum atomic E-state index is -0.988. The smallest absolute Gasteiger partial charge is 0.160 e. The highest BCUT2D eigenvalue weighted by Gasteiger charge is 2.31. The van der Waals surface area contributed by atoms with Crippen molar-refractivity contribution in [1.82, 2.24) is 4.98 Å². The van der Waals surface area contributed by atoms with E-state index < -0.39 is 11.6 Å². The van der Waals surface area contributed by atoms with Crippen molar-refractivity contribution in [2.75, 3.05) is 11.4 Å². The Balaban J connectivity index is 1.96. The van der Waals surface area contributed by atoms with Crippen LogP contribution in [0.25, 0.3) is 5.57 Å². The van der Waals surface area contributed by atoms with Crippen LogP contribution in [-0.2, 0) is 0 Å². The van der Waals surface area contributed by atoms with E-state index in [1.165, 1.54) is 22.3 Å². The molecular formula is C14H11F2N3OS. The fraction of sp³-hybridized carbons (Fsp3) is 0.143. The highest BCUT2D eigenvalue weighted by Crippen LogP contribution is 2.32. The molecule has 0 atom stereocenters. The summed E-state index contributed by atoms with van der Waals surface area (Å²) in [4.78, 5) is 5.66. The van der Waals surface area contributed by atoms with Crippen LogP contribution in [0.5, 0.6) is 0 Å². The summed E-state index contributed by atoms with van der Waals surface area (Å²) >= 11 is 1.33. The average molecular weight is 307 g/mol. The molecule has 2 heterocycles. The number of nitrogens with one attached hydrogen (secondary N) is 1. The largest absolute Gasteiger partial charge is 0.510 e. The third-order valence-corrected chi connectivity index (χ3v) is 4.13. The van der Waals surface area contributed by atoms with Gasteiger partial charge in [-0.25, -0.2) is 13.8 Å². The zero-order chi connectivity index (χ0) is 15.1. The molecule has 108 valence electrons. The first-order valence-corrected chi connectivity index (χ1v) is 7.01. The van der Waals surface area contributed by atoms with E-state index in [0.29, 0.717) is 16.3 Å². The first kappa shape index (κ1) is 13.7. The monoisotopic (exact) mass is 307 g/mol. The maximum Gasteiger partial charge on any atom is 0.160 e. The summed E-state index contributed by atoms with van der Waals surface area (Å²) in [5.74, 6) is -1.91. The summed E-state index contributed by atoms with van der Waals surface area (Å²) in [6.45, 7) is 1.86. The summed E-state index contributed by atoms with van der Waals surface area (Å²) in [7, 11) is 0. The van der Waals surface area contributed by atoms with Crippen LogP contribution < -0.4 is 4.90 Å². The van der Waals surface area contributed by atoms with Gasteiger partial charge < -0.3 is 10.0 Å². The summed E-state index contributed by atoms with van der Waals surface area (Å²) in [5, 5.41) is 20.6. The number of anilines is 1. The molecular weight excluding hydrogens is 296 g/mol. The average Bonchev–Trinajstić information content (AvgIpc) is 2.97. The van der Waals surface area contributed by atoms with Gasteiger partial charge in [0, 0.05) is 22.8 Å². The number of rotatable bonds is 2. The van der Waals surface area contributed by atoms with Crippen LogP contribution in [0.15, 0.2) is 29.3 Å². The van der Waals surface area contributed by atoms with Gasteiger partial charge in [-0.2, -0.15) is 0 Å². The Morgan fingerprint density at radius 3 is 2.71 bits per heavy atom. The molecule has 1 aliphatic heterocycles. The minimum Gasteiger partial charge on any atom is -0.510 e. The molecule has 0 saturated carbocycles. The van der Waals surface area contributed by atoms with E-state index in [4.69, 9.17) is 5.41 Å². The number of aryl methyl sites for hydroxylation is 1. The minimum absolute atomic E-state index is 0.000849. The standard InChI is InChI=1S/C14H11F2N3OS/c1-7-6-21-14(18-7)12-11(20)5-19(13(12)17)8-2-3-9(15)10(16)4-8/h2-4,6,17,20H,5H2,1H3. The predicted molar refractivity (Wildman–Crippen MR) is 77.8 cm³/mol. The first-order valence-electron chi connectivity index (χ1n) is 6.13. The van der Waals surface area contributed by atoms with E-state index >= 15 is 0 Å². The Morgan fingerprint density at radius 2 is 2.10 bits per heavy atom. The molecule has 3 rings (SSSR count). The Morgan fingerprint density at radius 1 is 1.33 bits per heavy atom. The molecule has 0 fully saturated rings. The van der Waals surface area contributed by atoms with Gasteiger partial charge in [-0.05, 0) is 19.1 Å². The van der Waals surface area contributed by atoms with Gasteiger partial charge in [-0.3, -0.25) is 5.41 Å². The van der Waals surface area contributed by atoms with Gasteiger partial charge in [-0.1, -0.05) is 0 Å². The van der Waals surface area contributed by atoms with Crippen molar-refractivity contribution in [3.8, 4) is 0 Å². The van der Waals surface area contributed by atoms with Crippen LogP contribution in [0.1, 0.15) is 10.7 Å².